The number of amides is 1. The van der Waals surface area contributed by atoms with Gasteiger partial charge in [-0.2, -0.15) is 0 Å². The average molecular weight is 462 g/mol. The Labute approximate surface area is 201 Å². The van der Waals surface area contributed by atoms with Crippen molar-refractivity contribution >= 4 is 22.6 Å². The number of likely N-dealkylation sites (N-methyl/N-ethyl adjacent to an activating group) is 1. The molecule has 3 aromatic rings. The smallest absolute Gasteiger partial charge is 0.226 e. The third-order valence-corrected chi connectivity index (χ3v) is 6.72. The number of piperidine rings is 1. The number of hydrogen-bond donors (Lipinski definition) is 2. The molecule has 34 heavy (non-hydrogen) atoms. The third kappa shape index (κ3) is 5.30. The summed E-state index contributed by atoms with van der Waals surface area (Å²) in [6.45, 7) is 6.33. The van der Waals surface area contributed by atoms with E-state index in [0.717, 1.165) is 58.1 Å². The van der Waals surface area contributed by atoms with Gasteiger partial charge >= 0.3 is 0 Å². The quantitative estimate of drug-likeness (QED) is 0.553. The van der Waals surface area contributed by atoms with Crippen LogP contribution in [0.5, 0.6) is 5.75 Å². The Morgan fingerprint density at radius 3 is 2.56 bits per heavy atom. The summed E-state index contributed by atoms with van der Waals surface area (Å²) in [6, 6.07) is 12.6. The van der Waals surface area contributed by atoms with Gasteiger partial charge in [0.1, 0.15) is 17.4 Å². The van der Waals surface area contributed by atoms with Crippen molar-refractivity contribution in [3.05, 3.63) is 47.8 Å². The zero-order chi connectivity index (χ0) is 24.2. The molecule has 0 saturated carbocycles. The first-order valence-electron chi connectivity index (χ1n) is 12.0. The van der Waals surface area contributed by atoms with Gasteiger partial charge in [0.05, 0.1) is 19.0 Å². The largest absolute Gasteiger partial charge is 0.496 e. The number of aryl methyl sites for hydroxylation is 1. The summed E-state index contributed by atoms with van der Waals surface area (Å²) in [6.07, 6.45) is 2.63. The predicted octanol–water partition coefficient (Wildman–Crippen LogP) is 4.04. The highest BCUT2D eigenvalue weighted by atomic mass is 16.5. The van der Waals surface area contributed by atoms with Crippen LogP contribution in [0.3, 0.4) is 0 Å². The number of methoxy groups -OCH3 is 1. The van der Waals surface area contributed by atoms with Gasteiger partial charge < -0.3 is 20.3 Å². The van der Waals surface area contributed by atoms with Crippen molar-refractivity contribution in [2.45, 2.75) is 39.2 Å². The van der Waals surface area contributed by atoms with Crippen LogP contribution in [0.1, 0.15) is 31.2 Å². The lowest BCUT2D eigenvalue weighted by atomic mass is 9.91. The maximum Gasteiger partial charge on any atom is 0.226 e. The second kappa shape index (κ2) is 10.4. The lowest BCUT2D eigenvalue weighted by molar-refractivity contribution is -0.127. The van der Waals surface area contributed by atoms with E-state index in [1.807, 2.05) is 25.1 Å². The van der Waals surface area contributed by atoms with Crippen molar-refractivity contribution in [3.8, 4) is 16.9 Å². The van der Waals surface area contributed by atoms with Crippen LogP contribution in [0, 0.1) is 12.8 Å². The summed E-state index contributed by atoms with van der Waals surface area (Å²) in [5.74, 6) is 3.02. The molecular formula is C27H35N5O2. The molecule has 1 fully saturated rings. The zero-order valence-corrected chi connectivity index (χ0v) is 20.8. The highest BCUT2D eigenvalue weighted by molar-refractivity contribution is 5.93. The minimum Gasteiger partial charge on any atom is -0.496 e. The van der Waals surface area contributed by atoms with E-state index in [-0.39, 0.29) is 5.91 Å². The number of nitrogens with zero attached hydrogens (tertiary/aromatic N) is 3. The Morgan fingerprint density at radius 1 is 1.15 bits per heavy atom. The van der Waals surface area contributed by atoms with Crippen LogP contribution >= 0.6 is 0 Å². The summed E-state index contributed by atoms with van der Waals surface area (Å²) >= 11 is 0. The summed E-state index contributed by atoms with van der Waals surface area (Å²) in [7, 11) is 5.17. The first-order valence-corrected chi connectivity index (χ1v) is 12.0. The number of nitrogens with one attached hydrogen (secondary N) is 2. The highest BCUT2D eigenvalue weighted by Crippen LogP contribution is 2.32. The second-order valence-electron chi connectivity index (χ2n) is 9.36. The maximum absolute atomic E-state index is 12.4. The van der Waals surface area contributed by atoms with Crippen LogP contribution in [0.25, 0.3) is 22.0 Å². The van der Waals surface area contributed by atoms with Crippen molar-refractivity contribution in [3.63, 3.8) is 0 Å². The lowest BCUT2D eigenvalue weighted by Gasteiger charge is -2.29. The molecule has 1 atom stereocenters. The zero-order valence-electron chi connectivity index (χ0n) is 20.8. The molecule has 180 valence electrons. The molecule has 7 heteroatoms. The SMILES string of the molecule is COc1ccc(-c2ccc3nc(C)nc(NC(C)C4CCNCC4)c3c2)cc1CC(=O)N(C)C. The van der Waals surface area contributed by atoms with Gasteiger partial charge in [0.15, 0.2) is 0 Å². The first-order chi connectivity index (χ1) is 16.4. The molecule has 1 aromatic heterocycles. The van der Waals surface area contributed by atoms with Gasteiger partial charge in [-0.1, -0.05) is 12.1 Å². The molecule has 1 saturated heterocycles. The van der Waals surface area contributed by atoms with Gasteiger partial charge in [0.2, 0.25) is 5.91 Å². The molecule has 4 rings (SSSR count). The number of benzene rings is 2. The summed E-state index contributed by atoms with van der Waals surface area (Å²) in [5.41, 5.74) is 3.88. The molecule has 2 N–H and O–H groups in total. The molecule has 7 nitrogen and oxygen atoms in total. The van der Waals surface area contributed by atoms with E-state index in [4.69, 9.17) is 9.72 Å². The van der Waals surface area contributed by atoms with Crippen molar-refractivity contribution in [2.75, 3.05) is 39.6 Å². The van der Waals surface area contributed by atoms with Crippen molar-refractivity contribution in [1.82, 2.24) is 20.2 Å². The van der Waals surface area contributed by atoms with E-state index in [9.17, 15) is 4.79 Å². The minimum absolute atomic E-state index is 0.0382. The van der Waals surface area contributed by atoms with Crippen LogP contribution in [-0.2, 0) is 11.2 Å². The first kappa shape index (κ1) is 24.0. The Kier molecular flexibility index (Phi) is 7.32. The summed E-state index contributed by atoms with van der Waals surface area (Å²) in [4.78, 5) is 23.4. The van der Waals surface area contributed by atoms with Crippen molar-refractivity contribution in [2.24, 2.45) is 5.92 Å². The number of aromatic nitrogens is 2. The summed E-state index contributed by atoms with van der Waals surface area (Å²) in [5, 5.41) is 8.14. The molecule has 0 bridgehead atoms. The molecule has 1 aliphatic rings. The van der Waals surface area contributed by atoms with Gasteiger partial charge in [0.25, 0.3) is 0 Å². The number of hydrogen-bond acceptors (Lipinski definition) is 6. The fraction of sp³-hybridized carbons (Fsp3) is 0.444. The highest BCUT2D eigenvalue weighted by Gasteiger charge is 2.21. The Morgan fingerprint density at radius 2 is 1.85 bits per heavy atom. The molecule has 1 amide bonds. The van der Waals surface area contributed by atoms with E-state index < -0.39 is 0 Å². The van der Waals surface area contributed by atoms with Gasteiger partial charge in [0, 0.05) is 31.1 Å². The molecular weight excluding hydrogens is 426 g/mol. The number of anilines is 1. The van der Waals surface area contributed by atoms with Crippen molar-refractivity contribution in [1.29, 1.82) is 0 Å². The van der Waals surface area contributed by atoms with E-state index in [0.29, 0.717) is 18.4 Å². The summed E-state index contributed by atoms with van der Waals surface area (Å²) < 4.78 is 5.52. The third-order valence-electron chi connectivity index (χ3n) is 6.72. The van der Waals surface area contributed by atoms with Gasteiger partial charge in [-0.05, 0) is 81.1 Å². The van der Waals surface area contributed by atoms with Crippen molar-refractivity contribution < 1.29 is 9.53 Å². The fourth-order valence-corrected chi connectivity index (χ4v) is 4.63. The standard InChI is InChI=1S/C27H35N5O2/c1-17(19-10-12-28-13-11-19)29-27-23-15-21(6-8-24(23)30-18(2)31-27)20-7-9-25(34-5)22(14-20)16-26(33)32(3)4/h6-9,14-15,17,19,28H,10-13,16H2,1-5H3,(H,29,30,31). The molecule has 0 radical (unpaired) electrons. The van der Waals surface area contributed by atoms with E-state index >= 15 is 0 Å². The van der Waals surface area contributed by atoms with E-state index in [2.05, 4.69) is 40.7 Å². The fourth-order valence-electron chi connectivity index (χ4n) is 4.63. The molecule has 1 unspecified atom stereocenters. The number of rotatable bonds is 7. The topological polar surface area (TPSA) is 79.4 Å². The van der Waals surface area contributed by atoms with Crippen LogP contribution in [0.4, 0.5) is 5.82 Å². The molecule has 2 heterocycles. The van der Waals surface area contributed by atoms with Gasteiger partial charge in [-0.25, -0.2) is 9.97 Å². The van der Waals surface area contributed by atoms with Gasteiger partial charge in [-0.3, -0.25) is 4.79 Å². The van der Waals surface area contributed by atoms with E-state index in [1.54, 1.807) is 26.1 Å². The van der Waals surface area contributed by atoms with E-state index in [1.165, 1.54) is 12.8 Å². The maximum atomic E-state index is 12.4. The van der Waals surface area contributed by atoms with Crippen LogP contribution in [0.15, 0.2) is 36.4 Å². The lowest BCUT2D eigenvalue weighted by Crippen LogP contribution is -2.36. The Bertz CT molecular complexity index is 1170. The number of carbonyl (C=O) groups excluding carboxylic acids is 1. The van der Waals surface area contributed by atoms with Crippen LogP contribution < -0.4 is 15.4 Å². The van der Waals surface area contributed by atoms with Crippen LogP contribution in [0.2, 0.25) is 0 Å². The molecule has 0 spiro atoms. The normalized spacial score (nSPS) is 15.2. The van der Waals surface area contributed by atoms with Gasteiger partial charge in [-0.15, -0.1) is 0 Å². The molecule has 0 aliphatic carbocycles. The minimum atomic E-state index is 0.0382. The Balaban J connectivity index is 1.69. The van der Waals surface area contributed by atoms with Crippen LogP contribution in [-0.4, -0.2) is 61.1 Å². The molecule has 1 aliphatic heterocycles. The predicted molar refractivity (Wildman–Crippen MR) is 137 cm³/mol. The number of ether oxygens (including phenoxy) is 1. The molecule has 2 aromatic carbocycles. The monoisotopic (exact) mass is 461 g/mol. The Hall–Kier alpha value is -3.19. The number of carbonyl (C=O) groups is 1. The number of fused-ring (bicyclic) bond motifs is 1. The average Bonchev–Trinajstić information content (AvgIpc) is 2.84. The second-order valence-corrected chi connectivity index (χ2v) is 9.36.